The maximum atomic E-state index is 12.2. The first-order valence-electron chi connectivity index (χ1n) is 9.15. The lowest BCUT2D eigenvalue weighted by Gasteiger charge is -2.06. The lowest BCUT2D eigenvalue weighted by atomic mass is 10.1. The second-order valence-electron chi connectivity index (χ2n) is 6.50. The minimum absolute atomic E-state index is 0.00170. The van der Waals surface area contributed by atoms with Crippen LogP contribution in [0.5, 0.6) is 0 Å². The molecule has 29 heavy (non-hydrogen) atoms. The average molecular weight is 431 g/mol. The van der Waals surface area contributed by atoms with E-state index in [2.05, 4.69) is 32.4 Å². The summed E-state index contributed by atoms with van der Waals surface area (Å²) in [6.07, 6.45) is 1.60. The van der Waals surface area contributed by atoms with Crippen molar-refractivity contribution in [3.63, 3.8) is 0 Å². The summed E-state index contributed by atoms with van der Waals surface area (Å²) in [6, 6.07) is 16.6. The van der Waals surface area contributed by atoms with E-state index in [1.807, 2.05) is 25.1 Å². The number of nitrogens with zero attached hydrogens (tertiary/aromatic N) is 2. The maximum absolute atomic E-state index is 12.2. The second kappa shape index (κ2) is 9.73. The molecule has 0 fully saturated rings. The third kappa shape index (κ3) is 6.45. The fourth-order valence-corrected chi connectivity index (χ4v) is 4.37. The van der Waals surface area contributed by atoms with Gasteiger partial charge in [0.1, 0.15) is 5.01 Å². The summed E-state index contributed by atoms with van der Waals surface area (Å²) in [5.41, 5.74) is 2.19. The molecule has 1 amide bonds. The number of hydrogen-bond donors (Lipinski definition) is 2. The molecule has 9 heteroatoms. The van der Waals surface area contributed by atoms with Crippen molar-refractivity contribution >= 4 is 32.4 Å². The van der Waals surface area contributed by atoms with Crippen molar-refractivity contribution < 1.29 is 13.2 Å². The lowest BCUT2D eigenvalue weighted by Crippen LogP contribution is -2.27. The number of hydrogen-bond acceptors (Lipinski definition) is 6. The molecular weight excluding hydrogens is 408 g/mol. The van der Waals surface area contributed by atoms with Gasteiger partial charge in [-0.05, 0) is 31.0 Å². The number of nitrogens with one attached hydrogen (secondary N) is 2. The molecule has 0 atom stereocenters. The highest BCUT2D eigenvalue weighted by Crippen LogP contribution is 2.17. The third-order valence-electron chi connectivity index (χ3n) is 4.16. The van der Waals surface area contributed by atoms with Crippen molar-refractivity contribution in [3.05, 3.63) is 70.7 Å². The van der Waals surface area contributed by atoms with E-state index in [9.17, 15) is 13.2 Å². The van der Waals surface area contributed by atoms with Gasteiger partial charge in [-0.3, -0.25) is 4.79 Å². The van der Waals surface area contributed by atoms with Crippen molar-refractivity contribution in [3.8, 4) is 0 Å². The number of sulfonamides is 1. The molecule has 0 bridgehead atoms. The van der Waals surface area contributed by atoms with Crippen LogP contribution in [0, 0.1) is 6.92 Å². The standard InChI is InChI=1S/C20H22N4O3S2/c1-15-7-10-17(11-8-15)29(26,27)21-14-13-18(25)22-20-24-23-19(28-20)12-9-16-5-3-2-4-6-16/h2-8,10-11,21H,9,12-14H2,1H3,(H,22,24,25). The van der Waals surface area contributed by atoms with Crippen LogP contribution in [0.15, 0.2) is 59.5 Å². The Morgan fingerprint density at radius 1 is 1.00 bits per heavy atom. The van der Waals surface area contributed by atoms with Gasteiger partial charge in [-0.1, -0.05) is 59.4 Å². The molecule has 2 N–H and O–H groups in total. The van der Waals surface area contributed by atoms with E-state index >= 15 is 0 Å². The van der Waals surface area contributed by atoms with Crippen LogP contribution in [0.4, 0.5) is 5.13 Å². The Morgan fingerprint density at radius 2 is 1.72 bits per heavy atom. The molecular formula is C20H22N4O3S2. The predicted octanol–water partition coefficient (Wildman–Crippen LogP) is 2.94. The molecule has 7 nitrogen and oxygen atoms in total. The Morgan fingerprint density at radius 3 is 2.45 bits per heavy atom. The molecule has 0 aliphatic carbocycles. The highest BCUT2D eigenvalue weighted by Gasteiger charge is 2.14. The van der Waals surface area contributed by atoms with Crippen LogP contribution in [0.25, 0.3) is 0 Å². The lowest BCUT2D eigenvalue weighted by molar-refractivity contribution is -0.116. The molecule has 152 valence electrons. The van der Waals surface area contributed by atoms with E-state index < -0.39 is 10.0 Å². The Labute approximate surface area is 174 Å². The highest BCUT2D eigenvalue weighted by molar-refractivity contribution is 7.89. The minimum atomic E-state index is -3.63. The average Bonchev–Trinajstić information content (AvgIpc) is 3.14. The van der Waals surface area contributed by atoms with E-state index in [4.69, 9.17) is 0 Å². The van der Waals surface area contributed by atoms with Gasteiger partial charge in [0.05, 0.1) is 4.90 Å². The summed E-state index contributed by atoms with van der Waals surface area (Å²) in [4.78, 5) is 12.2. The fraction of sp³-hybridized carbons (Fsp3) is 0.250. The Kier molecular flexibility index (Phi) is 7.08. The van der Waals surface area contributed by atoms with Crippen LogP contribution in [-0.2, 0) is 27.7 Å². The van der Waals surface area contributed by atoms with Gasteiger partial charge in [-0.25, -0.2) is 13.1 Å². The zero-order chi connectivity index (χ0) is 20.7. The molecule has 3 aromatic rings. The predicted molar refractivity (Wildman–Crippen MR) is 113 cm³/mol. The van der Waals surface area contributed by atoms with Crippen molar-refractivity contribution in [2.24, 2.45) is 0 Å². The summed E-state index contributed by atoms with van der Waals surface area (Å²) in [5, 5.41) is 12.0. The van der Waals surface area contributed by atoms with Crippen LogP contribution >= 0.6 is 11.3 Å². The Hall–Kier alpha value is -2.62. The van der Waals surface area contributed by atoms with E-state index in [-0.39, 0.29) is 23.8 Å². The molecule has 0 spiro atoms. The molecule has 2 aromatic carbocycles. The van der Waals surface area contributed by atoms with E-state index in [0.29, 0.717) is 5.13 Å². The smallest absolute Gasteiger partial charge is 0.240 e. The first-order chi connectivity index (χ1) is 13.9. The highest BCUT2D eigenvalue weighted by atomic mass is 32.2. The van der Waals surface area contributed by atoms with Crippen LogP contribution in [-0.4, -0.2) is 31.1 Å². The van der Waals surface area contributed by atoms with Crippen LogP contribution in [0.3, 0.4) is 0 Å². The largest absolute Gasteiger partial charge is 0.300 e. The van der Waals surface area contributed by atoms with Crippen molar-refractivity contribution in [2.75, 3.05) is 11.9 Å². The summed E-state index contributed by atoms with van der Waals surface area (Å²) in [6.45, 7) is 1.89. The van der Waals surface area contributed by atoms with Gasteiger partial charge >= 0.3 is 0 Å². The van der Waals surface area contributed by atoms with Crippen molar-refractivity contribution in [2.45, 2.75) is 31.1 Å². The zero-order valence-electron chi connectivity index (χ0n) is 16.0. The van der Waals surface area contributed by atoms with E-state index in [0.717, 1.165) is 23.4 Å². The normalized spacial score (nSPS) is 11.3. The summed E-state index contributed by atoms with van der Waals surface area (Å²) in [7, 11) is -3.63. The summed E-state index contributed by atoms with van der Waals surface area (Å²) < 4.78 is 26.9. The van der Waals surface area contributed by atoms with Crippen molar-refractivity contribution in [1.29, 1.82) is 0 Å². The first-order valence-corrected chi connectivity index (χ1v) is 11.4. The minimum Gasteiger partial charge on any atom is -0.300 e. The molecule has 0 saturated carbocycles. The van der Waals surface area contributed by atoms with Gasteiger partial charge in [-0.2, -0.15) is 0 Å². The Balaban J connectivity index is 1.44. The van der Waals surface area contributed by atoms with Gasteiger partial charge < -0.3 is 5.32 Å². The quantitative estimate of drug-likeness (QED) is 0.544. The number of aromatic nitrogens is 2. The van der Waals surface area contributed by atoms with Gasteiger partial charge in [0.15, 0.2) is 0 Å². The Bertz CT molecular complexity index is 1050. The molecule has 0 unspecified atom stereocenters. The van der Waals surface area contributed by atoms with Gasteiger partial charge in [0.2, 0.25) is 21.1 Å². The zero-order valence-corrected chi connectivity index (χ0v) is 17.6. The second-order valence-corrected chi connectivity index (χ2v) is 9.32. The van der Waals surface area contributed by atoms with E-state index in [1.54, 1.807) is 12.1 Å². The number of anilines is 1. The SMILES string of the molecule is Cc1ccc(S(=O)(=O)NCCC(=O)Nc2nnc(CCc3ccccc3)s2)cc1. The monoisotopic (exact) mass is 430 g/mol. The van der Waals surface area contributed by atoms with E-state index in [1.165, 1.54) is 29.0 Å². The topological polar surface area (TPSA) is 101 Å². The molecule has 0 aliphatic rings. The van der Waals surface area contributed by atoms with Crippen LogP contribution in [0.1, 0.15) is 22.6 Å². The molecule has 3 rings (SSSR count). The van der Waals surface area contributed by atoms with Crippen LogP contribution < -0.4 is 10.0 Å². The molecule has 0 aliphatic heterocycles. The number of carbonyl (C=O) groups is 1. The maximum Gasteiger partial charge on any atom is 0.240 e. The van der Waals surface area contributed by atoms with Gasteiger partial charge in [0, 0.05) is 19.4 Å². The molecule has 1 aromatic heterocycles. The summed E-state index contributed by atoms with van der Waals surface area (Å²) in [5.74, 6) is -0.317. The number of aryl methyl sites for hydroxylation is 3. The first kappa shape index (κ1) is 21.1. The number of amides is 1. The third-order valence-corrected chi connectivity index (χ3v) is 6.53. The molecule has 0 radical (unpaired) electrons. The van der Waals surface area contributed by atoms with Crippen LogP contribution in [0.2, 0.25) is 0 Å². The molecule has 1 heterocycles. The fourth-order valence-electron chi connectivity index (χ4n) is 2.58. The number of carbonyl (C=O) groups excluding carboxylic acids is 1. The van der Waals surface area contributed by atoms with Gasteiger partial charge in [-0.15, -0.1) is 10.2 Å². The summed E-state index contributed by atoms with van der Waals surface area (Å²) >= 11 is 1.32. The van der Waals surface area contributed by atoms with Gasteiger partial charge in [0.25, 0.3) is 0 Å². The number of benzene rings is 2. The van der Waals surface area contributed by atoms with Crippen molar-refractivity contribution in [1.82, 2.24) is 14.9 Å². The molecule has 0 saturated heterocycles. The number of rotatable bonds is 9.